The molecule has 28 heavy (non-hydrogen) atoms. The summed E-state index contributed by atoms with van der Waals surface area (Å²) in [6.07, 6.45) is 0.707. The van der Waals surface area contributed by atoms with Gasteiger partial charge in [0.2, 0.25) is 5.13 Å². The predicted octanol–water partition coefficient (Wildman–Crippen LogP) is 4.79. The molecule has 1 N–H and O–H groups in total. The van der Waals surface area contributed by atoms with Crippen LogP contribution in [0.3, 0.4) is 0 Å². The third kappa shape index (κ3) is 3.87. The van der Waals surface area contributed by atoms with Gasteiger partial charge in [0.1, 0.15) is 5.01 Å². The summed E-state index contributed by atoms with van der Waals surface area (Å²) in [5, 5.41) is 12.5. The van der Waals surface area contributed by atoms with E-state index in [2.05, 4.69) is 58.2 Å². The van der Waals surface area contributed by atoms with Crippen LogP contribution in [0.15, 0.2) is 66.7 Å². The minimum atomic E-state index is -0.185. The van der Waals surface area contributed by atoms with Crippen molar-refractivity contribution in [1.29, 1.82) is 0 Å². The highest BCUT2D eigenvalue weighted by Gasteiger charge is 2.11. The number of amides is 1. The number of carbonyl (C=O) groups is 1. The summed E-state index contributed by atoms with van der Waals surface area (Å²) in [6.45, 7) is 4.13. The molecular formula is C22H20N4OS. The van der Waals surface area contributed by atoms with Crippen LogP contribution in [0.1, 0.15) is 32.3 Å². The largest absolute Gasteiger partial charge is 0.319 e. The molecule has 6 heteroatoms. The zero-order chi connectivity index (χ0) is 19.5. The van der Waals surface area contributed by atoms with Gasteiger partial charge in [-0.1, -0.05) is 41.7 Å². The summed E-state index contributed by atoms with van der Waals surface area (Å²) in [5.74, 6) is -0.185. The van der Waals surface area contributed by atoms with Gasteiger partial charge in [-0.05, 0) is 55.8 Å². The van der Waals surface area contributed by atoms with Crippen LogP contribution < -0.4 is 5.32 Å². The van der Waals surface area contributed by atoms with Gasteiger partial charge in [0.15, 0.2) is 0 Å². The Morgan fingerprint density at radius 2 is 1.61 bits per heavy atom. The van der Waals surface area contributed by atoms with E-state index in [-0.39, 0.29) is 5.91 Å². The Morgan fingerprint density at radius 3 is 2.29 bits per heavy atom. The molecule has 4 rings (SSSR count). The standard InChI is InChI=1S/C22H20N4OS/c1-15-8-9-16(2)26(15)19-12-10-18(11-13-19)21(27)23-22-25-24-20(28-22)14-17-6-4-3-5-7-17/h3-13H,14H2,1-2H3,(H,23,25,27). The van der Waals surface area contributed by atoms with Crippen LogP contribution in [-0.4, -0.2) is 20.7 Å². The monoisotopic (exact) mass is 388 g/mol. The average Bonchev–Trinajstić information content (AvgIpc) is 3.28. The van der Waals surface area contributed by atoms with E-state index in [1.165, 1.54) is 16.9 Å². The molecule has 0 saturated carbocycles. The van der Waals surface area contributed by atoms with Gasteiger partial charge in [0.25, 0.3) is 5.91 Å². The van der Waals surface area contributed by atoms with Crippen LogP contribution >= 0.6 is 11.3 Å². The summed E-state index contributed by atoms with van der Waals surface area (Å²) in [4.78, 5) is 12.5. The van der Waals surface area contributed by atoms with E-state index in [4.69, 9.17) is 0 Å². The second-order valence-electron chi connectivity index (χ2n) is 6.62. The smallest absolute Gasteiger partial charge is 0.257 e. The van der Waals surface area contributed by atoms with Crippen molar-refractivity contribution in [3.05, 3.63) is 94.3 Å². The molecule has 2 aromatic heterocycles. The van der Waals surface area contributed by atoms with Crippen molar-refractivity contribution in [3.8, 4) is 5.69 Å². The molecule has 0 aliphatic carbocycles. The highest BCUT2D eigenvalue weighted by atomic mass is 32.1. The summed E-state index contributed by atoms with van der Waals surface area (Å²) in [7, 11) is 0. The first-order valence-electron chi connectivity index (χ1n) is 9.03. The van der Waals surface area contributed by atoms with Crippen molar-refractivity contribution in [2.45, 2.75) is 20.3 Å². The molecule has 1 amide bonds. The van der Waals surface area contributed by atoms with E-state index in [9.17, 15) is 4.79 Å². The van der Waals surface area contributed by atoms with Gasteiger partial charge in [-0.2, -0.15) is 0 Å². The van der Waals surface area contributed by atoms with Crippen LogP contribution in [0.4, 0.5) is 5.13 Å². The molecule has 0 bridgehead atoms. The maximum Gasteiger partial charge on any atom is 0.257 e. The molecule has 2 aromatic carbocycles. The highest BCUT2D eigenvalue weighted by molar-refractivity contribution is 7.15. The maximum atomic E-state index is 12.5. The summed E-state index contributed by atoms with van der Waals surface area (Å²) in [5.41, 5.74) is 5.12. The first kappa shape index (κ1) is 18.1. The van der Waals surface area contributed by atoms with Crippen molar-refractivity contribution in [2.24, 2.45) is 0 Å². The number of hydrogen-bond acceptors (Lipinski definition) is 4. The van der Waals surface area contributed by atoms with Gasteiger partial charge in [-0.15, -0.1) is 10.2 Å². The summed E-state index contributed by atoms with van der Waals surface area (Å²) < 4.78 is 2.16. The van der Waals surface area contributed by atoms with Gasteiger partial charge in [-0.3, -0.25) is 10.1 Å². The average molecular weight is 388 g/mol. The highest BCUT2D eigenvalue weighted by Crippen LogP contribution is 2.20. The predicted molar refractivity (Wildman–Crippen MR) is 112 cm³/mol. The lowest BCUT2D eigenvalue weighted by atomic mass is 10.2. The number of aromatic nitrogens is 3. The minimum absolute atomic E-state index is 0.185. The number of benzene rings is 2. The van der Waals surface area contributed by atoms with E-state index >= 15 is 0 Å². The summed E-state index contributed by atoms with van der Waals surface area (Å²) >= 11 is 1.40. The zero-order valence-electron chi connectivity index (χ0n) is 15.7. The molecule has 0 spiro atoms. The normalized spacial score (nSPS) is 10.8. The number of aryl methyl sites for hydroxylation is 2. The van der Waals surface area contributed by atoms with Crippen molar-refractivity contribution in [2.75, 3.05) is 5.32 Å². The number of hydrogen-bond donors (Lipinski definition) is 1. The van der Waals surface area contributed by atoms with Gasteiger partial charge in [0.05, 0.1) is 0 Å². The SMILES string of the molecule is Cc1ccc(C)n1-c1ccc(C(=O)Nc2nnc(Cc3ccccc3)s2)cc1. The van der Waals surface area contributed by atoms with Crippen LogP contribution in [0.2, 0.25) is 0 Å². The van der Waals surface area contributed by atoms with Crippen molar-refractivity contribution >= 4 is 22.4 Å². The quantitative estimate of drug-likeness (QED) is 0.535. The Hall–Kier alpha value is -3.25. The van der Waals surface area contributed by atoms with E-state index in [1.54, 1.807) is 0 Å². The Labute approximate surface area is 167 Å². The first-order chi connectivity index (χ1) is 13.6. The molecule has 0 fully saturated rings. The third-order valence-electron chi connectivity index (χ3n) is 4.54. The molecule has 0 aliphatic heterocycles. The van der Waals surface area contributed by atoms with E-state index in [0.717, 1.165) is 22.1 Å². The first-order valence-corrected chi connectivity index (χ1v) is 9.85. The Kier molecular flexibility index (Phi) is 5.04. The second kappa shape index (κ2) is 7.78. The topological polar surface area (TPSA) is 59.8 Å². The molecule has 0 radical (unpaired) electrons. The van der Waals surface area contributed by atoms with Gasteiger partial charge in [-0.25, -0.2) is 0 Å². The van der Waals surface area contributed by atoms with E-state index < -0.39 is 0 Å². The molecule has 140 valence electrons. The van der Waals surface area contributed by atoms with Gasteiger partial charge >= 0.3 is 0 Å². The lowest BCUT2D eigenvalue weighted by Crippen LogP contribution is -2.11. The van der Waals surface area contributed by atoms with Crippen LogP contribution in [0.5, 0.6) is 0 Å². The molecule has 5 nitrogen and oxygen atoms in total. The minimum Gasteiger partial charge on any atom is -0.319 e. The number of nitrogens with one attached hydrogen (secondary N) is 1. The number of rotatable bonds is 5. The Morgan fingerprint density at radius 1 is 0.929 bits per heavy atom. The van der Waals surface area contributed by atoms with Crippen molar-refractivity contribution in [1.82, 2.24) is 14.8 Å². The molecule has 0 saturated heterocycles. The fraction of sp³-hybridized carbons (Fsp3) is 0.136. The lowest BCUT2D eigenvalue weighted by Gasteiger charge is -2.10. The number of nitrogens with zero attached hydrogens (tertiary/aromatic N) is 3. The second-order valence-corrected chi connectivity index (χ2v) is 7.68. The molecule has 0 unspecified atom stereocenters. The van der Waals surface area contributed by atoms with Gasteiger partial charge in [0, 0.05) is 29.1 Å². The molecular weight excluding hydrogens is 368 g/mol. The van der Waals surface area contributed by atoms with Gasteiger partial charge < -0.3 is 4.57 Å². The Bertz CT molecular complexity index is 1080. The van der Waals surface area contributed by atoms with E-state index in [1.807, 2.05) is 42.5 Å². The van der Waals surface area contributed by atoms with E-state index in [0.29, 0.717) is 17.1 Å². The fourth-order valence-electron chi connectivity index (χ4n) is 3.15. The van der Waals surface area contributed by atoms with Crippen LogP contribution in [0, 0.1) is 13.8 Å². The summed E-state index contributed by atoms with van der Waals surface area (Å²) in [6, 6.07) is 21.8. The molecule has 2 heterocycles. The van der Waals surface area contributed by atoms with Crippen LogP contribution in [0.25, 0.3) is 5.69 Å². The molecule has 0 atom stereocenters. The number of carbonyl (C=O) groups excluding carboxylic acids is 1. The number of anilines is 1. The zero-order valence-corrected chi connectivity index (χ0v) is 16.5. The molecule has 0 aliphatic rings. The lowest BCUT2D eigenvalue weighted by molar-refractivity contribution is 0.102. The van der Waals surface area contributed by atoms with Crippen molar-refractivity contribution in [3.63, 3.8) is 0 Å². The fourth-order valence-corrected chi connectivity index (χ4v) is 3.92. The van der Waals surface area contributed by atoms with Crippen LogP contribution in [-0.2, 0) is 6.42 Å². The van der Waals surface area contributed by atoms with Crippen molar-refractivity contribution < 1.29 is 4.79 Å². The maximum absolute atomic E-state index is 12.5. The third-order valence-corrected chi connectivity index (χ3v) is 5.38. The molecule has 4 aromatic rings. The Balaban J connectivity index is 1.44.